The standard InChI is InChI=1S/C18H27N5O/c1-5-8-22-10-7-19-17(22)14-11-15(24)20-18-16(14)13(4)21-23(18)9-6-12(2)3/h7,10,12,14H,5-6,8-9,11H2,1-4H3,(H,20,24). The number of rotatable bonds is 6. The fourth-order valence-corrected chi connectivity index (χ4v) is 3.44. The van der Waals surface area contributed by atoms with E-state index < -0.39 is 0 Å². The topological polar surface area (TPSA) is 64.7 Å². The van der Waals surface area contributed by atoms with Gasteiger partial charge in [0.05, 0.1) is 11.6 Å². The molecule has 1 atom stereocenters. The zero-order valence-corrected chi connectivity index (χ0v) is 15.0. The Morgan fingerprint density at radius 3 is 2.88 bits per heavy atom. The fourth-order valence-electron chi connectivity index (χ4n) is 3.44. The molecule has 0 spiro atoms. The fraction of sp³-hybridized carbons (Fsp3) is 0.611. The Labute approximate surface area is 143 Å². The van der Waals surface area contributed by atoms with Crippen LogP contribution in [0.3, 0.4) is 0 Å². The quantitative estimate of drug-likeness (QED) is 0.884. The molecule has 0 aliphatic carbocycles. The van der Waals surface area contributed by atoms with Crippen LogP contribution >= 0.6 is 0 Å². The Balaban J connectivity index is 2.00. The molecule has 24 heavy (non-hydrogen) atoms. The average Bonchev–Trinajstić information content (AvgIpc) is 3.10. The predicted octanol–water partition coefficient (Wildman–Crippen LogP) is 3.32. The third kappa shape index (κ3) is 3.09. The maximum atomic E-state index is 12.3. The van der Waals surface area contributed by atoms with Crippen molar-refractivity contribution >= 4 is 11.7 Å². The van der Waals surface area contributed by atoms with Crippen LogP contribution in [0.15, 0.2) is 12.4 Å². The summed E-state index contributed by atoms with van der Waals surface area (Å²) in [6.45, 7) is 10.3. The highest BCUT2D eigenvalue weighted by atomic mass is 16.1. The van der Waals surface area contributed by atoms with Gasteiger partial charge in [-0.3, -0.25) is 4.79 Å². The molecule has 0 fully saturated rings. The number of carbonyl (C=O) groups is 1. The van der Waals surface area contributed by atoms with Crippen molar-refractivity contribution in [1.29, 1.82) is 0 Å². The van der Waals surface area contributed by atoms with E-state index in [0.717, 1.165) is 48.8 Å². The number of imidazole rings is 1. The lowest BCUT2D eigenvalue weighted by atomic mass is 9.91. The van der Waals surface area contributed by atoms with Crippen LogP contribution in [0, 0.1) is 12.8 Å². The monoisotopic (exact) mass is 329 g/mol. The first-order valence-electron chi connectivity index (χ1n) is 8.89. The van der Waals surface area contributed by atoms with Crippen LogP contribution in [0.25, 0.3) is 0 Å². The minimum Gasteiger partial charge on any atom is -0.334 e. The number of anilines is 1. The lowest BCUT2D eigenvalue weighted by Crippen LogP contribution is -2.27. The molecule has 3 rings (SSSR count). The second kappa shape index (κ2) is 6.79. The predicted molar refractivity (Wildman–Crippen MR) is 94.0 cm³/mol. The number of amides is 1. The van der Waals surface area contributed by atoms with Crippen molar-refractivity contribution in [2.24, 2.45) is 5.92 Å². The first-order chi connectivity index (χ1) is 11.5. The van der Waals surface area contributed by atoms with Crippen molar-refractivity contribution < 1.29 is 4.79 Å². The smallest absolute Gasteiger partial charge is 0.226 e. The SMILES string of the molecule is CCCn1ccnc1C1CC(=O)Nc2c1c(C)nn2CCC(C)C. The van der Waals surface area contributed by atoms with E-state index in [1.807, 2.05) is 24.0 Å². The van der Waals surface area contributed by atoms with E-state index in [2.05, 4.69) is 35.6 Å². The molecule has 2 aromatic rings. The van der Waals surface area contributed by atoms with Crippen molar-refractivity contribution in [3.05, 3.63) is 29.5 Å². The van der Waals surface area contributed by atoms with Crippen LogP contribution in [0.1, 0.15) is 63.0 Å². The highest BCUT2D eigenvalue weighted by Crippen LogP contribution is 2.38. The van der Waals surface area contributed by atoms with Gasteiger partial charge in [0.1, 0.15) is 11.6 Å². The summed E-state index contributed by atoms with van der Waals surface area (Å²) >= 11 is 0. The highest BCUT2D eigenvalue weighted by molar-refractivity contribution is 5.94. The zero-order chi connectivity index (χ0) is 17.3. The summed E-state index contributed by atoms with van der Waals surface area (Å²) in [5.41, 5.74) is 2.12. The van der Waals surface area contributed by atoms with Gasteiger partial charge in [-0.05, 0) is 25.7 Å². The van der Waals surface area contributed by atoms with Crippen LogP contribution in [-0.4, -0.2) is 25.2 Å². The number of hydrogen-bond donors (Lipinski definition) is 1. The first-order valence-corrected chi connectivity index (χ1v) is 8.89. The van der Waals surface area contributed by atoms with E-state index >= 15 is 0 Å². The summed E-state index contributed by atoms with van der Waals surface area (Å²) in [6.07, 6.45) is 6.35. The molecule has 1 aliphatic rings. The molecule has 1 amide bonds. The molecule has 130 valence electrons. The van der Waals surface area contributed by atoms with Crippen molar-refractivity contribution in [2.45, 2.75) is 66.0 Å². The van der Waals surface area contributed by atoms with Crippen LogP contribution in [0.4, 0.5) is 5.82 Å². The largest absolute Gasteiger partial charge is 0.334 e. The Morgan fingerprint density at radius 1 is 1.38 bits per heavy atom. The number of nitrogens with one attached hydrogen (secondary N) is 1. The number of aryl methyl sites for hydroxylation is 3. The van der Waals surface area contributed by atoms with Gasteiger partial charge >= 0.3 is 0 Å². The van der Waals surface area contributed by atoms with Gasteiger partial charge in [0.15, 0.2) is 0 Å². The number of carbonyl (C=O) groups excluding carboxylic acids is 1. The van der Waals surface area contributed by atoms with Crippen molar-refractivity contribution in [1.82, 2.24) is 19.3 Å². The van der Waals surface area contributed by atoms with Crippen LogP contribution in [0.2, 0.25) is 0 Å². The molecule has 3 heterocycles. The Bertz CT molecular complexity index is 728. The van der Waals surface area contributed by atoms with Crippen molar-refractivity contribution in [3.63, 3.8) is 0 Å². The number of aromatic nitrogens is 4. The van der Waals surface area contributed by atoms with E-state index in [1.54, 1.807) is 0 Å². The van der Waals surface area contributed by atoms with E-state index in [9.17, 15) is 4.79 Å². The lowest BCUT2D eigenvalue weighted by molar-refractivity contribution is -0.116. The maximum Gasteiger partial charge on any atom is 0.226 e. The molecule has 0 bridgehead atoms. The summed E-state index contributed by atoms with van der Waals surface area (Å²) in [5, 5.41) is 7.74. The number of hydrogen-bond acceptors (Lipinski definition) is 3. The summed E-state index contributed by atoms with van der Waals surface area (Å²) in [4.78, 5) is 16.9. The number of fused-ring (bicyclic) bond motifs is 1. The third-order valence-corrected chi connectivity index (χ3v) is 4.61. The minimum atomic E-state index is -0.0110. The van der Waals surface area contributed by atoms with Gasteiger partial charge in [-0.25, -0.2) is 9.67 Å². The van der Waals surface area contributed by atoms with Crippen molar-refractivity contribution in [2.75, 3.05) is 5.32 Å². The summed E-state index contributed by atoms with van der Waals surface area (Å²) in [7, 11) is 0. The highest BCUT2D eigenvalue weighted by Gasteiger charge is 2.34. The van der Waals surface area contributed by atoms with Gasteiger partial charge in [0, 0.05) is 37.5 Å². The molecule has 2 aromatic heterocycles. The van der Waals surface area contributed by atoms with Gasteiger partial charge in [-0.15, -0.1) is 0 Å². The van der Waals surface area contributed by atoms with Crippen LogP contribution < -0.4 is 5.32 Å². The molecule has 0 aromatic carbocycles. The average molecular weight is 329 g/mol. The second-order valence-electron chi connectivity index (χ2n) is 7.04. The van der Waals surface area contributed by atoms with Crippen LogP contribution in [0.5, 0.6) is 0 Å². The van der Waals surface area contributed by atoms with E-state index in [1.165, 1.54) is 0 Å². The van der Waals surface area contributed by atoms with Gasteiger partial charge < -0.3 is 9.88 Å². The Kier molecular flexibility index (Phi) is 4.73. The molecule has 0 saturated carbocycles. The maximum absolute atomic E-state index is 12.3. The van der Waals surface area contributed by atoms with Gasteiger partial charge in [-0.2, -0.15) is 5.10 Å². The minimum absolute atomic E-state index is 0.0110. The van der Waals surface area contributed by atoms with Crippen LogP contribution in [-0.2, 0) is 17.9 Å². The third-order valence-electron chi connectivity index (χ3n) is 4.61. The molecule has 1 unspecified atom stereocenters. The van der Waals surface area contributed by atoms with Gasteiger partial charge in [0.25, 0.3) is 0 Å². The normalized spacial score (nSPS) is 17.2. The molecule has 6 heteroatoms. The number of nitrogens with zero attached hydrogens (tertiary/aromatic N) is 4. The molecule has 0 saturated heterocycles. The molecule has 6 nitrogen and oxygen atoms in total. The van der Waals surface area contributed by atoms with E-state index in [0.29, 0.717) is 12.3 Å². The van der Waals surface area contributed by atoms with E-state index in [-0.39, 0.29) is 11.8 Å². The summed E-state index contributed by atoms with van der Waals surface area (Å²) in [6, 6.07) is 0. The zero-order valence-electron chi connectivity index (χ0n) is 15.0. The lowest BCUT2D eigenvalue weighted by Gasteiger charge is -2.24. The first kappa shape index (κ1) is 16.7. The molecule has 0 radical (unpaired) electrons. The Hall–Kier alpha value is -2.11. The summed E-state index contributed by atoms with van der Waals surface area (Å²) in [5.74, 6) is 2.47. The Morgan fingerprint density at radius 2 is 2.17 bits per heavy atom. The molecular weight excluding hydrogens is 302 g/mol. The van der Waals surface area contributed by atoms with E-state index in [4.69, 9.17) is 5.10 Å². The summed E-state index contributed by atoms with van der Waals surface area (Å²) < 4.78 is 4.12. The molecular formula is C18H27N5O. The van der Waals surface area contributed by atoms with Crippen molar-refractivity contribution in [3.8, 4) is 0 Å². The molecule has 1 N–H and O–H groups in total. The second-order valence-corrected chi connectivity index (χ2v) is 7.04. The van der Waals surface area contributed by atoms with Gasteiger partial charge in [-0.1, -0.05) is 20.8 Å². The molecule has 1 aliphatic heterocycles. The van der Waals surface area contributed by atoms with Gasteiger partial charge in [0.2, 0.25) is 5.91 Å².